The Morgan fingerprint density at radius 3 is 2.32 bits per heavy atom. The van der Waals surface area contributed by atoms with Crippen LogP contribution in [0.5, 0.6) is 17.2 Å². The number of Topliss-reactive ketones (excluding diaryl/α,β-unsaturated/α-hetero) is 2. The average Bonchev–Trinajstić information content (AvgIpc) is 3.10. The summed E-state index contributed by atoms with van der Waals surface area (Å²) in [5.74, 6) is -4.44. The van der Waals surface area contributed by atoms with Crippen molar-refractivity contribution in [2.24, 2.45) is 17.8 Å². The monoisotopic (exact) mass is 646 g/mol. The van der Waals surface area contributed by atoms with E-state index in [9.17, 15) is 29.7 Å². The second-order valence-electron chi connectivity index (χ2n) is 15.2. The normalized spacial score (nSPS) is 34.1. The maximum absolute atomic E-state index is 14.8. The Labute approximate surface area is 276 Å². The second-order valence-corrected chi connectivity index (χ2v) is 15.2. The molecule has 9 nitrogen and oxygen atoms in total. The summed E-state index contributed by atoms with van der Waals surface area (Å²) in [5.41, 5.74) is -1.91. The molecule has 0 radical (unpaired) electrons. The number of hydrogen-bond donors (Lipinski definition) is 3. The number of carboxylic acid groups (broad SMARTS) is 1. The lowest BCUT2D eigenvalue weighted by Gasteiger charge is -2.62. The van der Waals surface area contributed by atoms with Crippen molar-refractivity contribution in [1.82, 2.24) is 0 Å². The molecule has 6 aliphatic rings. The zero-order chi connectivity index (χ0) is 34.4. The third-order valence-corrected chi connectivity index (χ3v) is 11.1. The molecule has 3 N–H and O–H groups in total. The molecule has 7 rings (SSSR count). The van der Waals surface area contributed by atoms with Gasteiger partial charge in [-0.05, 0) is 93.2 Å². The van der Waals surface area contributed by atoms with Gasteiger partial charge in [0.05, 0.1) is 23.2 Å². The van der Waals surface area contributed by atoms with Gasteiger partial charge < -0.3 is 29.5 Å². The number of allylic oxidation sites excluding steroid dienone is 4. The number of aliphatic hydroxyl groups excluding tert-OH is 1. The number of aliphatic carboxylic acids is 1. The van der Waals surface area contributed by atoms with E-state index < -0.39 is 63.8 Å². The summed E-state index contributed by atoms with van der Waals surface area (Å²) in [6, 6.07) is 0. The number of rotatable bonds is 8. The summed E-state index contributed by atoms with van der Waals surface area (Å²) >= 11 is 0. The van der Waals surface area contributed by atoms with Gasteiger partial charge >= 0.3 is 5.97 Å². The van der Waals surface area contributed by atoms with Gasteiger partial charge in [-0.1, -0.05) is 29.4 Å². The summed E-state index contributed by atoms with van der Waals surface area (Å²) in [7, 11) is 0. The largest absolute Gasteiger partial charge is 0.506 e. The molecular weight excluding hydrogens is 600 g/mol. The van der Waals surface area contributed by atoms with Crippen molar-refractivity contribution in [3.63, 3.8) is 0 Å². The highest BCUT2D eigenvalue weighted by atomic mass is 16.6. The summed E-state index contributed by atoms with van der Waals surface area (Å²) in [5, 5.41) is 33.2. The quantitative estimate of drug-likeness (QED) is 0.220. The summed E-state index contributed by atoms with van der Waals surface area (Å²) < 4.78 is 20.5. The number of carbonyl (C=O) groups excluding carboxylic acids is 2. The van der Waals surface area contributed by atoms with E-state index in [0.717, 1.165) is 12.0 Å². The van der Waals surface area contributed by atoms with Gasteiger partial charge in [-0.3, -0.25) is 9.59 Å². The molecule has 252 valence electrons. The van der Waals surface area contributed by atoms with Gasteiger partial charge in [0.25, 0.3) is 0 Å². The molecule has 4 bridgehead atoms. The average molecular weight is 647 g/mol. The van der Waals surface area contributed by atoms with Gasteiger partial charge in [-0.15, -0.1) is 0 Å². The SMILES string of the molecule is CC(C)=CCCC1(C)C=Cc2c(O)c3c(c(CC=C(C)C)c2O1)OC12C(C3=O)C(O)C3CC1C(C)(C)OC2(C/C=C(\C)C(=O)O)C3=O. The maximum atomic E-state index is 14.8. The van der Waals surface area contributed by atoms with Crippen LogP contribution in [-0.4, -0.2) is 61.4 Å². The Hall–Kier alpha value is -3.69. The van der Waals surface area contributed by atoms with E-state index in [1.807, 2.05) is 60.6 Å². The lowest BCUT2D eigenvalue weighted by Crippen LogP contribution is -2.80. The highest BCUT2D eigenvalue weighted by Gasteiger charge is 2.85. The Morgan fingerprint density at radius 1 is 1.00 bits per heavy atom. The molecule has 3 heterocycles. The lowest BCUT2D eigenvalue weighted by molar-refractivity contribution is -0.220. The predicted molar refractivity (Wildman–Crippen MR) is 176 cm³/mol. The number of ether oxygens (including phenoxy) is 3. The first kappa shape index (κ1) is 33.2. The Bertz CT molecular complexity index is 1700. The topological polar surface area (TPSA) is 140 Å². The number of hydrogen-bond acceptors (Lipinski definition) is 8. The third-order valence-electron chi connectivity index (χ3n) is 11.1. The number of aliphatic hydroxyl groups is 1. The van der Waals surface area contributed by atoms with Crippen LogP contribution in [-0.2, 0) is 20.7 Å². The molecular formula is C38H46O9. The molecule has 3 aliphatic carbocycles. The van der Waals surface area contributed by atoms with Crippen LogP contribution in [0.2, 0.25) is 0 Å². The maximum Gasteiger partial charge on any atom is 0.330 e. The smallest absolute Gasteiger partial charge is 0.330 e. The van der Waals surface area contributed by atoms with Gasteiger partial charge in [-0.2, -0.15) is 0 Å². The first-order chi connectivity index (χ1) is 21.9. The minimum atomic E-state index is -1.74. The molecule has 1 spiro atoms. The molecule has 7 atom stereocenters. The van der Waals surface area contributed by atoms with Crippen molar-refractivity contribution in [2.75, 3.05) is 0 Å². The molecule has 7 unspecified atom stereocenters. The molecule has 3 saturated carbocycles. The predicted octanol–water partition coefficient (Wildman–Crippen LogP) is 6.29. The van der Waals surface area contributed by atoms with Crippen molar-refractivity contribution in [3.05, 3.63) is 57.7 Å². The Morgan fingerprint density at radius 2 is 1.68 bits per heavy atom. The van der Waals surface area contributed by atoms with E-state index in [0.29, 0.717) is 29.7 Å². The first-order valence-electron chi connectivity index (χ1n) is 16.5. The summed E-state index contributed by atoms with van der Waals surface area (Å²) in [6.45, 7) is 15.1. The molecule has 0 aromatic heterocycles. The number of benzene rings is 1. The second kappa shape index (κ2) is 10.9. The van der Waals surface area contributed by atoms with Crippen LogP contribution in [0.4, 0.5) is 0 Å². The van der Waals surface area contributed by atoms with E-state index in [1.165, 1.54) is 18.6 Å². The molecule has 0 amide bonds. The molecule has 1 aromatic carbocycles. The highest BCUT2D eigenvalue weighted by Crippen LogP contribution is 2.70. The van der Waals surface area contributed by atoms with E-state index in [4.69, 9.17) is 14.2 Å². The molecule has 1 aromatic rings. The number of fused-ring (bicyclic) bond motifs is 2. The molecule has 4 fully saturated rings. The van der Waals surface area contributed by atoms with Crippen LogP contribution in [0.3, 0.4) is 0 Å². The number of carboxylic acids is 1. The standard InChI is InChI=1S/C38H46O9/c1-19(2)10-9-15-36(8)16-14-22-28(39)26-30(41)27-29(40)24-18-25-35(6,7)47-37(33(24)42,17-13-21(5)34(43)44)38(25,27)46-32(26)23(31(22)45-36)12-11-20(3)4/h10-11,13-14,16,24-25,27,29,39-40H,9,12,15,17-18H2,1-8H3,(H,43,44)/b21-13+. The fourth-order valence-electron chi connectivity index (χ4n) is 8.76. The Balaban J connectivity index is 1.60. The van der Waals surface area contributed by atoms with Gasteiger partial charge in [0.1, 0.15) is 28.4 Å². The number of ketones is 2. The Kier molecular flexibility index (Phi) is 7.72. The minimum absolute atomic E-state index is 0.0260. The van der Waals surface area contributed by atoms with Gasteiger partial charge in [0, 0.05) is 29.4 Å². The van der Waals surface area contributed by atoms with Crippen LogP contribution >= 0.6 is 0 Å². The number of aromatic hydroxyl groups is 1. The van der Waals surface area contributed by atoms with E-state index in [-0.39, 0.29) is 35.5 Å². The molecule has 1 saturated heterocycles. The van der Waals surface area contributed by atoms with Crippen LogP contribution < -0.4 is 9.47 Å². The zero-order valence-corrected chi connectivity index (χ0v) is 28.5. The number of carbonyl (C=O) groups is 3. The molecule has 47 heavy (non-hydrogen) atoms. The van der Waals surface area contributed by atoms with E-state index in [1.54, 1.807) is 6.08 Å². The summed E-state index contributed by atoms with van der Waals surface area (Å²) in [4.78, 5) is 41.1. The van der Waals surface area contributed by atoms with Gasteiger partial charge in [0.2, 0.25) is 0 Å². The fraction of sp³-hybridized carbons (Fsp3) is 0.553. The van der Waals surface area contributed by atoms with Crippen LogP contribution in [0, 0.1) is 17.8 Å². The summed E-state index contributed by atoms with van der Waals surface area (Å²) in [6.07, 6.45) is 9.79. The van der Waals surface area contributed by atoms with Crippen molar-refractivity contribution in [1.29, 1.82) is 0 Å². The van der Waals surface area contributed by atoms with Crippen LogP contribution in [0.25, 0.3) is 6.08 Å². The van der Waals surface area contributed by atoms with E-state index >= 15 is 0 Å². The first-order valence-corrected chi connectivity index (χ1v) is 16.5. The molecule has 3 aliphatic heterocycles. The fourth-order valence-corrected chi connectivity index (χ4v) is 8.76. The number of phenolic OH excluding ortho intramolecular Hbond substituents is 1. The van der Waals surface area contributed by atoms with Crippen molar-refractivity contribution < 1.29 is 43.9 Å². The van der Waals surface area contributed by atoms with Gasteiger partial charge in [0.15, 0.2) is 22.8 Å². The van der Waals surface area contributed by atoms with Crippen molar-refractivity contribution >= 4 is 23.6 Å². The third kappa shape index (κ3) is 4.67. The zero-order valence-electron chi connectivity index (χ0n) is 28.5. The highest BCUT2D eigenvalue weighted by molar-refractivity contribution is 6.10. The van der Waals surface area contributed by atoms with Crippen molar-refractivity contribution in [3.8, 4) is 17.2 Å². The van der Waals surface area contributed by atoms with E-state index in [2.05, 4.69) is 6.08 Å². The number of phenols is 1. The minimum Gasteiger partial charge on any atom is -0.506 e. The van der Waals surface area contributed by atoms with Gasteiger partial charge in [-0.25, -0.2) is 4.79 Å². The van der Waals surface area contributed by atoms with Crippen molar-refractivity contribution in [2.45, 2.75) is 116 Å². The lowest BCUT2D eigenvalue weighted by atomic mass is 9.45. The van der Waals surface area contributed by atoms with Crippen LogP contribution in [0.1, 0.15) is 103 Å². The van der Waals surface area contributed by atoms with Crippen LogP contribution in [0.15, 0.2) is 41.0 Å². The molecule has 9 heteroatoms.